The summed E-state index contributed by atoms with van der Waals surface area (Å²) in [6.07, 6.45) is 4.56. The molecule has 0 aromatic carbocycles. The first-order valence-corrected chi connectivity index (χ1v) is 8.78. The zero-order chi connectivity index (χ0) is 14.7. The van der Waals surface area contributed by atoms with E-state index in [1.165, 1.54) is 17.7 Å². The van der Waals surface area contributed by atoms with E-state index in [4.69, 9.17) is 0 Å². The summed E-state index contributed by atoms with van der Waals surface area (Å²) in [6, 6.07) is 4.10. The van der Waals surface area contributed by atoms with Crippen LogP contribution in [0.5, 0.6) is 0 Å². The maximum atomic E-state index is 12.3. The number of aryl methyl sites for hydroxylation is 1. The molecule has 2 aliphatic rings. The van der Waals surface area contributed by atoms with Gasteiger partial charge in [-0.25, -0.2) is 0 Å². The Hall–Kier alpha value is -0.910. The van der Waals surface area contributed by atoms with Crippen LogP contribution in [0.3, 0.4) is 0 Å². The monoisotopic (exact) mass is 308 g/mol. The molecular formula is C16H24N2O2S. The fourth-order valence-corrected chi connectivity index (χ4v) is 4.11. The summed E-state index contributed by atoms with van der Waals surface area (Å²) in [5, 5.41) is 12.7. The van der Waals surface area contributed by atoms with Gasteiger partial charge >= 0.3 is 0 Å². The molecule has 2 saturated heterocycles. The van der Waals surface area contributed by atoms with E-state index < -0.39 is 5.60 Å². The first-order chi connectivity index (χ1) is 10.1. The van der Waals surface area contributed by atoms with Crippen molar-refractivity contribution in [3.63, 3.8) is 0 Å². The smallest absolute Gasteiger partial charge is 0.223 e. The number of hydrogen-bond donors (Lipinski definition) is 1. The Kier molecular flexibility index (Phi) is 4.62. The van der Waals surface area contributed by atoms with Crippen molar-refractivity contribution in [1.29, 1.82) is 0 Å². The zero-order valence-electron chi connectivity index (χ0n) is 12.5. The fraction of sp³-hybridized carbons (Fsp3) is 0.688. The van der Waals surface area contributed by atoms with Gasteiger partial charge in [0, 0.05) is 24.4 Å². The molecule has 21 heavy (non-hydrogen) atoms. The minimum Gasteiger partial charge on any atom is -0.387 e. The molecule has 0 unspecified atom stereocenters. The number of hydrogen-bond acceptors (Lipinski definition) is 4. The van der Waals surface area contributed by atoms with Crippen LogP contribution in [0.2, 0.25) is 0 Å². The second kappa shape index (κ2) is 6.46. The van der Waals surface area contributed by atoms with Crippen molar-refractivity contribution in [2.24, 2.45) is 0 Å². The van der Waals surface area contributed by atoms with E-state index in [0.29, 0.717) is 25.9 Å². The number of amides is 1. The maximum Gasteiger partial charge on any atom is 0.223 e. The number of carbonyl (C=O) groups is 1. The predicted octanol–water partition coefficient (Wildman–Crippen LogP) is 1.74. The molecule has 0 spiro atoms. The lowest BCUT2D eigenvalue weighted by Crippen LogP contribution is -2.45. The Morgan fingerprint density at radius 1 is 1.33 bits per heavy atom. The van der Waals surface area contributed by atoms with Crippen molar-refractivity contribution < 1.29 is 9.90 Å². The summed E-state index contributed by atoms with van der Waals surface area (Å²) >= 11 is 1.70. The predicted molar refractivity (Wildman–Crippen MR) is 84.5 cm³/mol. The third-order valence-electron chi connectivity index (χ3n) is 4.57. The van der Waals surface area contributed by atoms with Crippen LogP contribution in [0.1, 0.15) is 30.6 Å². The quantitative estimate of drug-likeness (QED) is 0.901. The van der Waals surface area contributed by atoms with Crippen molar-refractivity contribution in [3.8, 4) is 0 Å². The van der Waals surface area contributed by atoms with Crippen LogP contribution in [-0.4, -0.2) is 59.1 Å². The summed E-state index contributed by atoms with van der Waals surface area (Å²) in [5.41, 5.74) is -0.692. The highest BCUT2D eigenvalue weighted by Crippen LogP contribution is 2.25. The van der Waals surface area contributed by atoms with Crippen LogP contribution in [0.15, 0.2) is 17.5 Å². The molecular weight excluding hydrogens is 284 g/mol. The first kappa shape index (κ1) is 15.0. The Balaban J connectivity index is 1.47. The van der Waals surface area contributed by atoms with Gasteiger partial charge in [0.2, 0.25) is 5.91 Å². The number of thiophene rings is 1. The van der Waals surface area contributed by atoms with Crippen LogP contribution < -0.4 is 0 Å². The first-order valence-electron chi connectivity index (χ1n) is 7.90. The number of β-amino-alcohol motifs (C(OH)–C–C–N with tert-alkyl or cyclic N) is 1. The molecule has 0 radical (unpaired) electrons. The number of likely N-dealkylation sites (tertiary alicyclic amines) is 2. The minimum atomic E-state index is -0.692. The third-order valence-corrected chi connectivity index (χ3v) is 5.50. The molecule has 0 bridgehead atoms. The van der Waals surface area contributed by atoms with Gasteiger partial charge in [-0.1, -0.05) is 6.07 Å². The van der Waals surface area contributed by atoms with E-state index in [1.54, 1.807) is 11.3 Å². The zero-order valence-corrected chi connectivity index (χ0v) is 13.3. The van der Waals surface area contributed by atoms with E-state index in [9.17, 15) is 9.90 Å². The van der Waals surface area contributed by atoms with Crippen molar-refractivity contribution in [2.45, 2.75) is 37.7 Å². The molecule has 1 aromatic heterocycles. The highest BCUT2D eigenvalue weighted by atomic mass is 32.1. The van der Waals surface area contributed by atoms with Crippen molar-refractivity contribution in [1.82, 2.24) is 9.80 Å². The van der Waals surface area contributed by atoms with Crippen molar-refractivity contribution >= 4 is 17.2 Å². The van der Waals surface area contributed by atoms with E-state index >= 15 is 0 Å². The lowest BCUT2D eigenvalue weighted by atomic mass is 10.0. The molecule has 2 fully saturated rings. The van der Waals surface area contributed by atoms with Crippen molar-refractivity contribution in [3.05, 3.63) is 22.4 Å². The number of aliphatic hydroxyl groups is 1. The highest BCUT2D eigenvalue weighted by molar-refractivity contribution is 7.09. The largest absolute Gasteiger partial charge is 0.387 e. The molecule has 0 aliphatic carbocycles. The maximum absolute atomic E-state index is 12.3. The summed E-state index contributed by atoms with van der Waals surface area (Å²) < 4.78 is 0. The standard InChI is InChI=1S/C16H24N2O2S/c19-15(6-5-14-4-3-11-21-14)18-10-7-16(20,13-18)12-17-8-1-2-9-17/h3-4,11,20H,1-2,5-10,12-13H2/t16-/m0/s1. The van der Waals surface area contributed by atoms with Gasteiger partial charge in [0.05, 0.1) is 12.1 Å². The molecule has 116 valence electrons. The highest BCUT2D eigenvalue weighted by Gasteiger charge is 2.39. The van der Waals surface area contributed by atoms with E-state index in [0.717, 1.165) is 26.1 Å². The molecule has 1 atom stereocenters. The normalized spacial score (nSPS) is 26.6. The van der Waals surface area contributed by atoms with Crippen LogP contribution in [0.25, 0.3) is 0 Å². The third kappa shape index (κ3) is 3.84. The molecule has 5 heteroatoms. The summed E-state index contributed by atoms with van der Waals surface area (Å²) in [7, 11) is 0. The number of rotatable bonds is 5. The Morgan fingerprint density at radius 3 is 2.86 bits per heavy atom. The SMILES string of the molecule is O=C(CCc1cccs1)N1CC[C@](O)(CN2CCCC2)C1. The lowest BCUT2D eigenvalue weighted by Gasteiger charge is -2.28. The molecule has 1 N–H and O–H groups in total. The number of nitrogens with zero attached hydrogens (tertiary/aromatic N) is 2. The van der Waals surface area contributed by atoms with Gasteiger partial charge in [-0.2, -0.15) is 0 Å². The van der Waals surface area contributed by atoms with Gasteiger partial charge in [0.1, 0.15) is 0 Å². The molecule has 3 heterocycles. The van der Waals surface area contributed by atoms with Gasteiger partial charge in [0.25, 0.3) is 0 Å². The topological polar surface area (TPSA) is 43.8 Å². The van der Waals surface area contributed by atoms with Gasteiger partial charge in [-0.05, 0) is 50.2 Å². The van der Waals surface area contributed by atoms with Crippen LogP contribution in [0.4, 0.5) is 0 Å². The summed E-state index contributed by atoms with van der Waals surface area (Å²) in [6.45, 7) is 4.12. The lowest BCUT2D eigenvalue weighted by molar-refractivity contribution is -0.131. The van der Waals surface area contributed by atoms with Crippen LogP contribution in [0, 0.1) is 0 Å². The van der Waals surface area contributed by atoms with E-state index in [-0.39, 0.29) is 5.91 Å². The van der Waals surface area contributed by atoms with Gasteiger partial charge in [-0.3, -0.25) is 4.79 Å². The average molecular weight is 308 g/mol. The van der Waals surface area contributed by atoms with Crippen LogP contribution in [-0.2, 0) is 11.2 Å². The minimum absolute atomic E-state index is 0.181. The van der Waals surface area contributed by atoms with Gasteiger partial charge in [0.15, 0.2) is 0 Å². The van der Waals surface area contributed by atoms with Gasteiger partial charge in [-0.15, -0.1) is 11.3 Å². The fourth-order valence-electron chi connectivity index (χ4n) is 3.40. The Bertz CT molecular complexity index is 471. The Morgan fingerprint density at radius 2 is 2.14 bits per heavy atom. The Labute approximate surface area is 130 Å². The van der Waals surface area contributed by atoms with Gasteiger partial charge < -0.3 is 14.9 Å². The molecule has 3 rings (SSSR count). The van der Waals surface area contributed by atoms with E-state index in [2.05, 4.69) is 11.0 Å². The number of carbonyl (C=O) groups excluding carboxylic acids is 1. The van der Waals surface area contributed by atoms with Crippen molar-refractivity contribution in [2.75, 3.05) is 32.7 Å². The van der Waals surface area contributed by atoms with Crippen LogP contribution >= 0.6 is 11.3 Å². The summed E-state index contributed by atoms with van der Waals surface area (Å²) in [5.74, 6) is 0.181. The van der Waals surface area contributed by atoms with E-state index in [1.807, 2.05) is 16.3 Å². The molecule has 1 aromatic rings. The second-order valence-corrected chi connectivity index (χ2v) is 7.38. The molecule has 2 aliphatic heterocycles. The second-order valence-electron chi connectivity index (χ2n) is 6.35. The summed E-state index contributed by atoms with van der Waals surface area (Å²) in [4.78, 5) is 17.7. The molecule has 0 saturated carbocycles. The average Bonchev–Trinajstić information content (AvgIpc) is 3.18. The molecule has 1 amide bonds. The molecule has 4 nitrogen and oxygen atoms in total.